The molecule has 110 valence electrons. The van der Waals surface area contributed by atoms with E-state index in [9.17, 15) is 4.79 Å². The Kier molecular flexibility index (Phi) is 4.19. The van der Waals surface area contributed by atoms with Gasteiger partial charge in [-0.1, -0.05) is 51.1 Å². The average Bonchev–Trinajstić information content (AvgIpc) is 2.84. The first-order valence-corrected chi connectivity index (χ1v) is 7.30. The maximum atomic E-state index is 12.2. The SMILES string of the molecule is CC1C(C)(C)C1(C)C(=O)NCCOCc1ccccc1. The molecule has 0 heterocycles. The van der Waals surface area contributed by atoms with Gasteiger partial charge in [0.05, 0.1) is 18.6 Å². The Morgan fingerprint density at radius 1 is 1.25 bits per heavy atom. The maximum Gasteiger partial charge on any atom is 0.226 e. The van der Waals surface area contributed by atoms with E-state index < -0.39 is 0 Å². The van der Waals surface area contributed by atoms with Gasteiger partial charge in [-0.3, -0.25) is 4.79 Å². The summed E-state index contributed by atoms with van der Waals surface area (Å²) in [7, 11) is 0. The predicted octanol–water partition coefficient (Wildman–Crippen LogP) is 3.00. The van der Waals surface area contributed by atoms with Gasteiger partial charge in [0.2, 0.25) is 5.91 Å². The first-order valence-electron chi connectivity index (χ1n) is 7.30. The number of benzene rings is 1. The second-order valence-electron chi connectivity index (χ2n) is 6.44. The van der Waals surface area contributed by atoms with Gasteiger partial charge in [0.25, 0.3) is 0 Å². The van der Waals surface area contributed by atoms with Crippen molar-refractivity contribution in [2.24, 2.45) is 16.7 Å². The fourth-order valence-corrected chi connectivity index (χ4v) is 2.95. The molecule has 1 fully saturated rings. The number of nitrogens with one attached hydrogen (secondary N) is 1. The molecule has 3 heteroatoms. The molecule has 2 atom stereocenters. The van der Waals surface area contributed by atoms with Crippen molar-refractivity contribution in [3.05, 3.63) is 35.9 Å². The third-order valence-electron chi connectivity index (χ3n) is 5.32. The van der Waals surface area contributed by atoms with Crippen molar-refractivity contribution in [2.45, 2.75) is 34.3 Å². The molecule has 0 radical (unpaired) electrons. The number of ether oxygens (including phenoxy) is 1. The largest absolute Gasteiger partial charge is 0.375 e. The van der Waals surface area contributed by atoms with Gasteiger partial charge in [0, 0.05) is 6.54 Å². The Morgan fingerprint density at radius 3 is 2.40 bits per heavy atom. The number of rotatable bonds is 6. The van der Waals surface area contributed by atoms with Gasteiger partial charge in [-0.15, -0.1) is 0 Å². The monoisotopic (exact) mass is 275 g/mol. The quantitative estimate of drug-likeness (QED) is 0.811. The van der Waals surface area contributed by atoms with Crippen molar-refractivity contribution in [1.82, 2.24) is 5.32 Å². The minimum atomic E-state index is -0.230. The lowest BCUT2D eigenvalue weighted by atomic mass is 9.97. The van der Waals surface area contributed by atoms with Crippen LogP contribution >= 0.6 is 0 Å². The second-order valence-corrected chi connectivity index (χ2v) is 6.44. The highest BCUT2D eigenvalue weighted by atomic mass is 16.5. The number of carbonyl (C=O) groups is 1. The van der Waals surface area contributed by atoms with Crippen LogP contribution in [0, 0.1) is 16.7 Å². The van der Waals surface area contributed by atoms with E-state index in [0.717, 1.165) is 5.56 Å². The summed E-state index contributed by atoms with van der Waals surface area (Å²) in [6.07, 6.45) is 0. The van der Waals surface area contributed by atoms with Crippen LogP contribution in [-0.2, 0) is 16.1 Å². The zero-order chi connectivity index (χ0) is 14.8. The van der Waals surface area contributed by atoms with Crippen molar-refractivity contribution in [3.8, 4) is 0 Å². The van der Waals surface area contributed by atoms with Crippen LogP contribution < -0.4 is 5.32 Å². The van der Waals surface area contributed by atoms with E-state index in [4.69, 9.17) is 4.74 Å². The zero-order valence-electron chi connectivity index (χ0n) is 12.9. The molecule has 2 unspecified atom stereocenters. The summed E-state index contributed by atoms with van der Waals surface area (Å²) in [5, 5.41) is 2.99. The van der Waals surface area contributed by atoms with Crippen LogP contribution in [0.1, 0.15) is 33.3 Å². The summed E-state index contributed by atoms with van der Waals surface area (Å²) >= 11 is 0. The van der Waals surface area contributed by atoms with Crippen molar-refractivity contribution in [2.75, 3.05) is 13.2 Å². The smallest absolute Gasteiger partial charge is 0.226 e. The Hall–Kier alpha value is -1.35. The van der Waals surface area contributed by atoms with Crippen molar-refractivity contribution in [3.63, 3.8) is 0 Å². The highest BCUT2D eigenvalue weighted by Gasteiger charge is 2.69. The average molecular weight is 275 g/mol. The van der Waals surface area contributed by atoms with Crippen LogP contribution in [0.3, 0.4) is 0 Å². The van der Waals surface area contributed by atoms with Crippen molar-refractivity contribution in [1.29, 1.82) is 0 Å². The van der Waals surface area contributed by atoms with E-state index >= 15 is 0 Å². The first-order chi connectivity index (χ1) is 9.40. The van der Waals surface area contributed by atoms with Gasteiger partial charge in [0.1, 0.15) is 0 Å². The summed E-state index contributed by atoms with van der Waals surface area (Å²) in [5.41, 5.74) is 1.02. The van der Waals surface area contributed by atoms with Crippen LogP contribution in [0.4, 0.5) is 0 Å². The summed E-state index contributed by atoms with van der Waals surface area (Å²) in [5.74, 6) is 0.582. The van der Waals surface area contributed by atoms with Crippen LogP contribution in [0.5, 0.6) is 0 Å². The second kappa shape index (κ2) is 5.57. The molecule has 1 aromatic rings. The van der Waals surface area contributed by atoms with Gasteiger partial charge in [-0.2, -0.15) is 0 Å². The topological polar surface area (TPSA) is 38.3 Å². The lowest BCUT2D eigenvalue weighted by Crippen LogP contribution is -2.35. The molecular formula is C17H25NO2. The molecule has 1 aromatic carbocycles. The van der Waals surface area contributed by atoms with Crippen molar-refractivity contribution < 1.29 is 9.53 Å². The summed E-state index contributed by atoms with van der Waals surface area (Å²) in [6.45, 7) is 10.2. The molecule has 1 aliphatic carbocycles. The molecule has 1 amide bonds. The van der Waals surface area contributed by atoms with Crippen LogP contribution in [-0.4, -0.2) is 19.1 Å². The number of hydrogen-bond donors (Lipinski definition) is 1. The Morgan fingerprint density at radius 2 is 1.85 bits per heavy atom. The van der Waals surface area contributed by atoms with E-state index in [1.807, 2.05) is 30.3 Å². The molecule has 3 nitrogen and oxygen atoms in total. The highest BCUT2D eigenvalue weighted by Crippen LogP contribution is 2.68. The fourth-order valence-electron chi connectivity index (χ4n) is 2.95. The minimum absolute atomic E-state index is 0.0992. The van der Waals surface area contributed by atoms with Gasteiger partial charge >= 0.3 is 0 Å². The lowest BCUT2D eigenvalue weighted by Gasteiger charge is -2.15. The third kappa shape index (κ3) is 2.59. The molecule has 1 saturated carbocycles. The Bertz CT molecular complexity index is 469. The lowest BCUT2D eigenvalue weighted by molar-refractivity contribution is -0.127. The van der Waals surface area contributed by atoms with Gasteiger partial charge in [-0.25, -0.2) is 0 Å². The predicted molar refractivity (Wildman–Crippen MR) is 80.2 cm³/mol. The van der Waals surface area contributed by atoms with Crippen molar-refractivity contribution >= 4 is 5.91 Å². The minimum Gasteiger partial charge on any atom is -0.375 e. The van der Waals surface area contributed by atoms with E-state index in [1.54, 1.807) is 0 Å². The van der Waals surface area contributed by atoms with Gasteiger partial charge in [-0.05, 0) is 23.8 Å². The molecule has 0 spiro atoms. The van der Waals surface area contributed by atoms with Crippen LogP contribution in [0.15, 0.2) is 30.3 Å². The molecule has 20 heavy (non-hydrogen) atoms. The molecule has 0 aromatic heterocycles. The van der Waals surface area contributed by atoms with Crippen LogP contribution in [0.25, 0.3) is 0 Å². The van der Waals surface area contributed by atoms with E-state index in [-0.39, 0.29) is 16.7 Å². The first kappa shape index (κ1) is 15.0. The van der Waals surface area contributed by atoms with E-state index in [1.165, 1.54) is 0 Å². The molecule has 1 aliphatic rings. The maximum absolute atomic E-state index is 12.2. The molecule has 0 saturated heterocycles. The summed E-state index contributed by atoms with van der Waals surface area (Å²) < 4.78 is 5.57. The number of carbonyl (C=O) groups excluding carboxylic acids is 1. The standard InChI is InChI=1S/C17H25NO2/c1-13-16(2,3)17(13,4)15(19)18-10-11-20-12-14-8-6-5-7-9-14/h5-9,13H,10-12H2,1-4H3,(H,18,19). The summed E-state index contributed by atoms with van der Waals surface area (Å²) in [6, 6.07) is 10.1. The van der Waals surface area contributed by atoms with Gasteiger partial charge < -0.3 is 10.1 Å². The Labute approximate surface area is 121 Å². The molecule has 2 rings (SSSR count). The third-order valence-corrected chi connectivity index (χ3v) is 5.32. The van der Waals surface area contributed by atoms with E-state index in [2.05, 4.69) is 33.0 Å². The highest BCUT2D eigenvalue weighted by molar-refractivity contribution is 5.87. The molecule has 1 N–H and O–H groups in total. The number of hydrogen-bond acceptors (Lipinski definition) is 2. The Balaban J connectivity index is 1.66. The molecule has 0 bridgehead atoms. The normalized spacial score (nSPS) is 27.1. The number of amides is 1. The zero-order valence-corrected chi connectivity index (χ0v) is 12.9. The van der Waals surface area contributed by atoms with E-state index in [0.29, 0.717) is 25.7 Å². The fraction of sp³-hybridized carbons (Fsp3) is 0.588. The molecular weight excluding hydrogens is 250 g/mol. The van der Waals surface area contributed by atoms with Gasteiger partial charge in [0.15, 0.2) is 0 Å². The van der Waals surface area contributed by atoms with Crippen LogP contribution in [0.2, 0.25) is 0 Å². The summed E-state index contributed by atoms with van der Waals surface area (Å²) in [4.78, 5) is 12.2. The molecule has 0 aliphatic heterocycles.